The molecule has 1 atom stereocenters. The molecule has 250 valence electrons. The Morgan fingerprint density at radius 3 is 1.43 bits per heavy atom. The average Bonchev–Trinajstić information content (AvgIpc) is 2.95. The third kappa shape index (κ3) is 18.0. The number of carboxylic acids is 3. The average molecular weight is 625 g/mol. The molecule has 1 saturated heterocycles. The summed E-state index contributed by atoms with van der Waals surface area (Å²) in [7, 11) is 0. The maximum atomic E-state index is 11.5. The van der Waals surface area contributed by atoms with Crippen molar-refractivity contribution in [3.63, 3.8) is 0 Å². The number of aliphatic carboxylic acids is 3. The van der Waals surface area contributed by atoms with Crippen molar-refractivity contribution in [3.05, 3.63) is 24.3 Å². The molecule has 5 N–H and O–H groups in total. The summed E-state index contributed by atoms with van der Waals surface area (Å²) in [4.78, 5) is 41.6. The van der Waals surface area contributed by atoms with Crippen molar-refractivity contribution in [1.82, 2.24) is 19.6 Å². The van der Waals surface area contributed by atoms with Crippen LogP contribution in [0.3, 0.4) is 0 Å². The number of aromatic hydroxyl groups is 1. The van der Waals surface area contributed by atoms with E-state index in [1.807, 2.05) is 0 Å². The normalized spacial score (nSPS) is 17.4. The van der Waals surface area contributed by atoms with Crippen LogP contribution in [0.15, 0.2) is 24.3 Å². The van der Waals surface area contributed by atoms with E-state index in [9.17, 15) is 39.9 Å². The molecule has 1 unspecified atom stereocenters. The van der Waals surface area contributed by atoms with Gasteiger partial charge in [0.15, 0.2) is 0 Å². The van der Waals surface area contributed by atoms with E-state index in [4.69, 9.17) is 4.74 Å². The number of aliphatic hydroxyl groups excluding tert-OH is 1. The van der Waals surface area contributed by atoms with Gasteiger partial charge in [-0.25, -0.2) is 0 Å². The lowest BCUT2D eigenvalue weighted by Gasteiger charge is -2.33. The summed E-state index contributed by atoms with van der Waals surface area (Å²) in [5.74, 6) is -1.91. The molecule has 13 heteroatoms. The van der Waals surface area contributed by atoms with Crippen molar-refractivity contribution in [2.45, 2.75) is 57.5 Å². The summed E-state index contributed by atoms with van der Waals surface area (Å²) in [5.41, 5.74) is 0. The molecular weight excluding hydrogens is 572 g/mol. The molecule has 1 heterocycles. The lowest BCUT2D eigenvalue weighted by Crippen LogP contribution is -2.49. The van der Waals surface area contributed by atoms with Crippen LogP contribution < -0.4 is 4.74 Å². The van der Waals surface area contributed by atoms with Crippen LogP contribution in [-0.4, -0.2) is 154 Å². The predicted octanol–water partition coefficient (Wildman–Crippen LogP) is 1.73. The third-order valence-electron chi connectivity index (χ3n) is 7.76. The molecule has 0 amide bonds. The van der Waals surface area contributed by atoms with Gasteiger partial charge in [-0.1, -0.05) is 38.5 Å². The van der Waals surface area contributed by atoms with Crippen LogP contribution in [0.2, 0.25) is 0 Å². The summed E-state index contributed by atoms with van der Waals surface area (Å²) >= 11 is 0. The van der Waals surface area contributed by atoms with E-state index < -0.39 is 24.0 Å². The lowest BCUT2D eigenvalue weighted by molar-refractivity contribution is -0.140. The van der Waals surface area contributed by atoms with Crippen molar-refractivity contribution in [1.29, 1.82) is 0 Å². The Morgan fingerprint density at radius 1 is 0.614 bits per heavy atom. The summed E-state index contributed by atoms with van der Waals surface area (Å²) in [6.45, 7) is 3.94. The van der Waals surface area contributed by atoms with Gasteiger partial charge in [0.05, 0.1) is 32.3 Å². The molecule has 0 aliphatic carbocycles. The van der Waals surface area contributed by atoms with E-state index in [1.54, 1.807) is 39.0 Å². The van der Waals surface area contributed by atoms with Crippen LogP contribution in [-0.2, 0) is 14.4 Å². The molecular formula is C31H52N4O9. The molecule has 1 aromatic rings. The Kier molecular flexibility index (Phi) is 18.3. The summed E-state index contributed by atoms with van der Waals surface area (Å²) in [5, 5.41) is 48.2. The van der Waals surface area contributed by atoms with E-state index in [2.05, 4.69) is 4.90 Å². The number of unbranched alkanes of at least 4 members (excludes halogenated alkanes) is 6. The minimum Gasteiger partial charge on any atom is -0.508 e. The first-order valence-corrected chi connectivity index (χ1v) is 15.8. The number of phenolic OH excluding ortho intramolecular Hbond substituents is 1. The van der Waals surface area contributed by atoms with Crippen molar-refractivity contribution < 1.29 is 44.7 Å². The number of β-amino-alcohol motifs (C(OH)–C–C–N with tert-alkyl or cyclic N) is 1. The SMILES string of the molecule is O=C(O)CN1CCN(CC(=O)O)CCN(CC(O)CCCCCCCCCOc2ccc(O)cc2)CCN(CC(=O)O)CC1. The number of ether oxygens (including phenoxy) is 1. The number of hydrogen-bond acceptors (Lipinski definition) is 10. The van der Waals surface area contributed by atoms with E-state index in [0.29, 0.717) is 71.9 Å². The van der Waals surface area contributed by atoms with Gasteiger partial charge in [-0.3, -0.25) is 34.0 Å². The Hall–Kier alpha value is -2.97. The van der Waals surface area contributed by atoms with Gasteiger partial charge in [-0.15, -0.1) is 0 Å². The zero-order valence-corrected chi connectivity index (χ0v) is 25.9. The number of aliphatic hydroxyl groups is 1. The van der Waals surface area contributed by atoms with Crippen molar-refractivity contribution in [3.8, 4) is 11.5 Å². The van der Waals surface area contributed by atoms with Crippen molar-refractivity contribution in [2.24, 2.45) is 0 Å². The fourth-order valence-electron chi connectivity index (χ4n) is 5.30. The lowest BCUT2D eigenvalue weighted by atomic mass is 10.1. The number of phenols is 1. The number of rotatable bonds is 19. The highest BCUT2D eigenvalue weighted by Gasteiger charge is 2.21. The van der Waals surface area contributed by atoms with Crippen LogP contribution in [0, 0.1) is 0 Å². The van der Waals surface area contributed by atoms with E-state index in [1.165, 1.54) is 0 Å². The molecule has 13 nitrogen and oxygen atoms in total. The van der Waals surface area contributed by atoms with Gasteiger partial charge in [0.25, 0.3) is 0 Å². The van der Waals surface area contributed by atoms with Crippen molar-refractivity contribution in [2.75, 3.05) is 85.1 Å². The fraction of sp³-hybridized carbons (Fsp3) is 0.710. The Labute approximate surface area is 260 Å². The number of carboxylic acid groups (broad SMARTS) is 3. The predicted molar refractivity (Wildman–Crippen MR) is 165 cm³/mol. The second-order valence-electron chi connectivity index (χ2n) is 11.6. The molecule has 0 saturated carbocycles. The Morgan fingerprint density at radius 2 is 1.00 bits per heavy atom. The Balaban J connectivity index is 1.74. The summed E-state index contributed by atoms with van der Waals surface area (Å²) < 4.78 is 5.67. The van der Waals surface area contributed by atoms with E-state index in [0.717, 1.165) is 50.7 Å². The summed E-state index contributed by atoms with van der Waals surface area (Å²) in [6, 6.07) is 6.73. The maximum Gasteiger partial charge on any atom is 0.317 e. The molecule has 2 rings (SSSR count). The van der Waals surface area contributed by atoms with Gasteiger partial charge < -0.3 is 30.3 Å². The van der Waals surface area contributed by atoms with Gasteiger partial charge in [0.1, 0.15) is 11.5 Å². The Bertz CT molecular complexity index is 934. The van der Waals surface area contributed by atoms with Crippen LogP contribution in [0.4, 0.5) is 0 Å². The van der Waals surface area contributed by atoms with Crippen LogP contribution in [0.5, 0.6) is 11.5 Å². The van der Waals surface area contributed by atoms with E-state index in [-0.39, 0.29) is 25.4 Å². The smallest absolute Gasteiger partial charge is 0.317 e. The first-order valence-electron chi connectivity index (χ1n) is 15.8. The van der Waals surface area contributed by atoms with E-state index >= 15 is 0 Å². The van der Waals surface area contributed by atoms with Gasteiger partial charge >= 0.3 is 17.9 Å². The minimum atomic E-state index is -0.986. The second kappa shape index (κ2) is 21.7. The maximum absolute atomic E-state index is 11.5. The second-order valence-corrected chi connectivity index (χ2v) is 11.6. The first kappa shape index (κ1) is 37.2. The van der Waals surface area contributed by atoms with Gasteiger partial charge in [-0.05, 0) is 37.1 Å². The van der Waals surface area contributed by atoms with Gasteiger partial charge in [0.2, 0.25) is 0 Å². The molecule has 1 aliphatic rings. The molecule has 0 spiro atoms. The zero-order chi connectivity index (χ0) is 32.2. The summed E-state index contributed by atoms with van der Waals surface area (Å²) in [6.07, 6.45) is 7.50. The quantitative estimate of drug-likeness (QED) is 0.141. The largest absolute Gasteiger partial charge is 0.508 e. The third-order valence-corrected chi connectivity index (χ3v) is 7.76. The standard InChI is InChI=1S/C31H52N4O9/c36-26-9-11-28(12-10-26)44-21-7-5-3-1-2-4-6-8-27(37)22-32-13-15-33(23-29(38)39)17-19-35(25-31(42)43)20-18-34(16-14-32)24-30(40)41/h9-12,27,36-37H,1-8,13-25H2,(H,38,39)(H,40,41)(H,42,43). The molecule has 0 aromatic heterocycles. The monoisotopic (exact) mass is 624 g/mol. The van der Waals surface area contributed by atoms with Crippen LogP contribution >= 0.6 is 0 Å². The molecule has 1 fully saturated rings. The number of nitrogens with zero attached hydrogens (tertiary/aromatic N) is 4. The topological polar surface area (TPSA) is 175 Å². The van der Waals surface area contributed by atoms with Crippen LogP contribution in [0.1, 0.15) is 51.4 Å². The fourth-order valence-corrected chi connectivity index (χ4v) is 5.30. The molecule has 1 aromatic carbocycles. The number of carbonyl (C=O) groups is 3. The first-order chi connectivity index (χ1) is 21.1. The molecule has 1 aliphatic heterocycles. The highest BCUT2D eigenvalue weighted by atomic mass is 16.5. The molecule has 0 bridgehead atoms. The van der Waals surface area contributed by atoms with Crippen molar-refractivity contribution >= 4 is 17.9 Å². The number of hydrogen-bond donors (Lipinski definition) is 5. The highest BCUT2D eigenvalue weighted by molar-refractivity contribution is 5.69. The molecule has 44 heavy (non-hydrogen) atoms. The van der Waals surface area contributed by atoms with Gasteiger partial charge in [0, 0.05) is 58.9 Å². The van der Waals surface area contributed by atoms with Gasteiger partial charge in [-0.2, -0.15) is 0 Å². The zero-order valence-electron chi connectivity index (χ0n) is 25.9. The number of benzene rings is 1. The molecule has 0 radical (unpaired) electrons. The van der Waals surface area contributed by atoms with Crippen LogP contribution in [0.25, 0.3) is 0 Å². The highest BCUT2D eigenvalue weighted by Crippen LogP contribution is 2.17. The minimum absolute atomic E-state index is 0.159.